The minimum absolute atomic E-state index is 0.166. The number of nitrogens with one attached hydrogen (secondary N) is 1. The Kier molecular flexibility index (Phi) is 4.69. The molecule has 2 aromatic rings. The van der Waals surface area contributed by atoms with E-state index in [-0.39, 0.29) is 36.7 Å². The highest BCUT2D eigenvalue weighted by atomic mass is 16.5. The van der Waals surface area contributed by atoms with E-state index in [4.69, 9.17) is 4.74 Å². The Morgan fingerprint density at radius 1 is 1.12 bits per heavy atom. The molecule has 1 aromatic heterocycles. The quantitative estimate of drug-likeness (QED) is 0.800. The van der Waals surface area contributed by atoms with Crippen LogP contribution < -0.4 is 10.1 Å². The van der Waals surface area contributed by atoms with Gasteiger partial charge in [-0.3, -0.25) is 19.3 Å². The summed E-state index contributed by atoms with van der Waals surface area (Å²) in [6, 6.07) is 6.91. The van der Waals surface area contributed by atoms with Crippen LogP contribution in [0.3, 0.4) is 0 Å². The number of amides is 3. The summed E-state index contributed by atoms with van der Waals surface area (Å²) in [6.07, 6.45) is 3.41. The van der Waals surface area contributed by atoms with E-state index in [0.717, 1.165) is 0 Å². The zero-order valence-corrected chi connectivity index (χ0v) is 13.6. The third-order valence-corrected chi connectivity index (χ3v) is 3.76. The molecule has 3 amide bonds. The Balaban J connectivity index is 1.50. The molecule has 0 fully saturated rings. The van der Waals surface area contributed by atoms with Crippen LogP contribution >= 0.6 is 0 Å². The third kappa shape index (κ3) is 3.47. The summed E-state index contributed by atoms with van der Waals surface area (Å²) in [5, 5.41) is 2.65. The van der Waals surface area contributed by atoms with E-state index in [9.17, 15) is 14.4 Å². The van der Waals surface area contributed by atoms with Gasteiger partial charge >= 0.3 is 6.01 Å². The first kappa shape index (κ1) is 16.6. The number of carbonyl (C=O) groups excluding carboxylic acids is 3. The second-order valence-corrected chi connectivity index (χ2v) is 5.42. The molecule has 1 aromatic carbocycles. The molecule has 0 saturated carbocycles. The van der Waals surface area contributed by atoms with Crippen LogP contribution in [0.25, 0.3) is 0 Å². The molecule has 128 valence electrons. The number of benzene rings is 1. The number of methoxy groups -OCH3 is 1. The Bertz CT molecular complexity index is 785. The largest absolute Gasteiger partial charge is 0.467 e. The number of hydrogen-bond donors (Lipinski definition) is 1. The normalized spacial score (nSPS) is 12.9. The number of hydrogen-bond acceptors (Lipinski definition) is 6. The van der Waals surface area contributed by atoms with Crippen LogP contribution in [0.4, 0.5) is 5.69 Å². The Labute approximate surface area is 143 Å². The van der Waals surface area contributed by atoms with Gasteiger partial charge in [0, 0.05) is 13.0 Å². The first-order chi connectivity index (χ1) is 12.1. The SMILES string of the molecule is COc1ncc(NC(=O)CCCN2C(=O)c3ccccc3C2=O)cn1. The van der Waals surface area contributed by atoms with E-state index in [1.54, 1.807) is 24.3 Å². The zero-order chi connectivity index (χ0) is 17.8. The predicted octanol–water partition coefficient (Wildman–Crippen LogP) is 1.50. The summed E-state index contributed by atoms with van der Waals surface area (Å²) >= 11 is 0. The van der Waals surface area contributed by atoms with Gasteiger partial charge in [-0.25, -0.2) is 9.97 Å². The van der Waals surface area contributed by atoms with Gasteiger partial charge in [0.15, 0.2) is 0 Å². The summed E-state index contributed by atoms with van der Waals surface area (Å²) < 4.78 is 4.84. The van der Waals surface area contributed by atoms with E-state index in [0.29, 0.717) is 23.2 Å². The van der Waals surface area contributed by atoms with Gasteiger partial charge in [-0.2, -0.15) is 0 Å². The molecule has 0 bridgehead atoms. The highest BCUT2D eigenvalue weighted by molar-refractivity contribution is 6.21. The molecule has 1 aliphatic rings. The number of carbonyl (C=O) groups is 3. The maximum absolute atomic E-state index is 12.2. The van der Waals surface area contributed by atoms with Gasteiger partial charge in [0.1, 0.15) is 0 Å². The van der Waals surface area contributed by atoms with E-state index >= 15 is 0 Å². The van der Waals surface area contributed by atoms with E-state index < -0.39 is 0 Å². The molecule has 25 heavy (non-hydrogen) atoms. The van der Waals surface area contributed by atoms with Crippen LogP contribution in [0.5, 0.6) is 6.01 Å². The van der Waals surface area contributed by atoms with Crippen LogP contribution in [0.15, 0.2) is 36.7 Å². The number of aromatic nitrogens is 2. The van der Waals surface area contributed by atoms with Crippen molar-refractivity contribution in [3.63, 3.8) is 0 Å². The van der Waals surface area contributed by atoms with Crippen molar-refractivity contribution in [3.05, 3.63) is 47.8 Å². The highest BCUT2D eigenvalue weighted by Crippen LogP contribution is 2.22. The van der Waals surface area contributed by atoms with Gasteiger partial charge in [0.25, 0.3) is 11.8 Å². The molecule has 0 aliphatic carbocycles. The first-order valence-electron chi connectivity index (χ1n) is 7.71. The molecular weight excluding hydrogens is 324 g/mol. The van der Waals surface area contributed by atoms with Crippen molar-refractivity contribution in [2.24, 2.45) is 0 Å². The molecule has 1 aliphatic heterocycles. The number of fused-ring (bicyclic) bond motifs is 1. The second-order valence-electron chi connectivity index (χ2n) is 5.42. The van der Waals surface area contributed by atoms with Crippen LogP contribution in [-0.4, -0.2) is 46.2 Å². The maximum atomic E-state index is 12.2. The minimum atomic E-state index is -0.315. The van der Waals surface area contributed by atoms with Crippen molar-refractivity contribution in [2.45, 2.75) is 12.8 Å². The number of rotatable bonds is 6. The monoisotopic (exact) mass is 340 g/mol. The predicted molar refractivity (Wildman–Crippen MR) is 88.3 cm³/mol. The lowest BCUT2D eigenvalue weighted by Gasteiger charge is -2.13. The van der Waals surface area contributed by atoms with Gasteiger partial charge in [0.2, 0.25) is 5.91 Å². The van der Waals surface area contributed by atoms with Crippen molar-refractivity contribution in [1.82, 2.24) is 14.9 Å². The third-order valence-electron chi connectivity index (χ3n) is 3.76. The summed E-state index contributed by atoms with van der Waals surface area (Å²) in [4.78, 5) is 45.3. The molecule has 8 nitrogen and oxygen atoms in total. The lowest BCUT2D eigenvalue weighted by Crippen LogP contribution is -2.31. The average molecular weight is 340 g/mol. The number of anilines is 1. The van der Waals surface area contributed by atoms with Crippen LogP contribution in [-0.2, 0) is 4.79 Å². The molecule has 0 atom stereocenters. The summed E-state index contributed by atoms with van der Waals surface area (Å²) in [5.41, 5.74) is 1.27. The molecule has 0 spiro atoms. The van der Waals surface area contributed by atoms with Gasteiger partial charge in [-0.05, 0) is 18.6 Å². The number of ether oxygens (including phenoxy) is 1. The molecule has 2 heterocycles. The van der Waals surface area contributed by atoms with Gasteiger partial charge < -0.3 is 10.1 Å². The first-order valence-corrected chi connectivity index (χ1v) is 7.71. The standard InChI is InChI=1S/C17H16N4O4/c1-25-17-18-9-11(10-19-17)20-14(22)7-4-8-21-15(23)12-5-2-3-6-13(12)16(21)24/h2-3,5-6,9-10H,4,7-8H2,1H3,(H,20,22). The molecule has 3 rings (SSSR count). The summed E-state index contributed by atoms with van der Waals surface area (Å²) in [7, 11) is 1.45. The molecule has 0 radical (unpaired) electrons. The van der Waals surface area contributed by atoms with Crippen molar-refractivity contribution >= 4 is 23.4 Å². The highest BCUT2D eigenvalue weighted by Gasteiger charge is 2.34. The van der Waals surface area contributed by atoms with Crippen LogP contribution in [0.2, 0.25) is 0 Å². The number of nitrogens with zero attached hydrogens (tertiary/aromatic N) is 3. The van der Waals surface area contributed by atoms with Gasteiger partial charge in [0.05, 0.1) is 36.3 Å². The Morgan fingerprint density at radius 2 is 1.72 bits per heavy atom. The van der Waals surface area contributed by atoms with Crippen LogP contribution in [0, 0.1) is 0 Å². The lowest BCUT2D eigenvalue weighted by atomic mass is 10.1. The fourth-order valence-corrected chi connectivity index (χ4v) is 2.55. The van der Waals surface area contributed by atoms with E-state index in [1.165, 1.54) is 24.4 Å². The zero-order valence-electron chi connectivity index (χ0n) is 13.6. The van der Waals surface area contributed by atoms with Crippen molar-refractivity contribution in [1.29, 1.82) is 0 Å². The molecule has 1 N–H and O–H groups in total. The van der Waals surface area contributed by atoms with Gasteiger partial charge in [-0.15, -0.1) is 0 Å². The van der Waals surface area contributed by atoms with Crippen molar-refractivity contribution in [3.8, 4) is 6.01 Å². The van der Waals surface area contributed by atoms with Crippen molar-refractivity contribution < 1.29 is 19.1 Å². The summed E-state index contributed by atoms with van der Waals surface area (Å²) in [5.74, 6) is -0.875. The second kappa shape index (κ2) is 7.08. The minimum Gasteiger partial charge on any atom is -0.467 e. The van der Waals surface area contributed by atoms with E-state index in [2.05, 4.69) is 15.3 Å². The van der Waals surface area contributed by atoms with Crippen molar-refractivity contribution in [2.75, 3.05) is 19.0 Å². The molecular formula is C17H16N4O4. The lowest BCUT2D eigenvalue weighted by molar-refractivity contribution is -0.116. The molecule has 8 heteroatoms. The Morgan fingerprint density at radius 3 is 2.28 bits per heavy atom. The Hall–Kier alpha value is -3.29. The average Bonchev–Trinajstić information content (AvgIpc) is 2.87. The molecule has 0 saturated heterocycles. The van der Waals surface area contributed by atoms with Crippen LogP contribution in [0.1, 0.15) is 33.6 Å². The maximum Gasteiger partial charge on any atom is 0.316 e. The number of imide groups is 1. The summed E-state index contributed by atoms with van der Waals surface area (Å²) in [6.45, 7) is 0.193. The smallest absolute Gasteiger partial charge is 0.316 e. The van der Waals surface area contributed by atoms with Gasteiger partial charge in [-0.1, -0.05) is 12.1 Å². The topological polar surface area (TPSA) is 101 Å². The van der Waals surface area contributed by atoms with E-state index in [1.807, 2.05) is 0 Å². The fourth-order valence-electron chi connectivity index (χ4n) is 2.55. The fraction of sp³-hybridized carbons (Fsp3) is 0.235. The molecule has 0 unspecified atom stereocenters.